The van der Waals surface area contributed by atoms with E-state index in [4.69, 9.17) is 4.52 Å². The van der Waals surface area contributed by atoms with Gasteiger partial charge in [0.05, 0.1) is 0 Å². The second-order valence-electron chi connectivity index (χ2n) is 6.85. The van der Waals surface area contributed by atoms with Crippen molar-refractivity contribution in [3.8, 4) is 0 Å². The van der Waals surface area contributed by atoms with Gasteiger partial charge in [-0.1, -0.05) is 49.3 Å². The standard InChI is InChI=1S/C19H25N3O2/c1-14(2)18-11-17(20-24-18)19(23)21(3)16-9-10-22(13-16)12-15-7-5-4-6-8-15/h4-8,11,14,16H,9-10,12-13H2,1-3H3/t16-/m1/s1. The minimum atomic E-state index is -0.0581. The van der Waals surface area contributed by atoms with Crippen LogP contribution < -0.4 is 0 Å². The van der Waals surface area contributed by atoms with Crippen LogP contribution in [0.2, 0.25) is 0 Å². The Hall–Kier alpha value is -2.14. The summed E-state index contributed by atoms with van der Waals surface area (Å²) < 4.78 is 5.25. The van der Waals surface area contributed by atoms with Crippen LogP contribution in [-0.2, 0) is 6.54 Å². The Morgan fingerprint density at radius 2 is 2.12 bits per heavy atom. The van der Waals surface area contributed by atoms with E-state index < -0.39 is 0 Å². The molecule has 0 bridgehead atoms. The van der Waals surface area contributed by atoms with E-state index in [1.807, 2.05) is 31.9 Å². The Morgan fingerprint density at radius 3 is 2.79 bits per heavy atom. The summed E-state index contributed by atoms with van der Waals surface area (Å²) in [6.45, 7) is 6.88. The van der Waals surface area contributed by atoms with Crippen molar-refractivity contribution < 1.29 is 9.32 Å². The zero-order chi connectivity index (χ0) is 17.1. The van der Waals surface area contributed by atoms with Gasteiger partial charge >= 0.3 is 0 Å². The highest BCUT2D eigenvalue weighted by Gasteiger charge is 2.30. The number of carbonyl (C=O) groups is 1. The van der Waals surface area contributed by atoms with Crippen LogP contribution in [0.25, 0.3) is 0 Å². The predicted octanol–water partition coefficient (Wildman–Crippen LogP) is 3.14. The maximum absolute atomic E-state index is 12.6. The monoisotopic (exact) mass is 327 g/mol. The van der Waals surface area contributed by atoms with Crippen molar-refractivity contribution in [1.82, 2.24) is 15.0 Å². The van der Waals surface area contributed by atoms with Crippen molar-refractivity contribution in [2.75, 3.05) is 20.1 Å². The first kappa shape index (κ1) is 16.7. The van der Waals surface area contributed by atoms with Crippen LogP contribution in [0.3, 0.4) is 0 Å². The number of likely N-dealkylation sites (N-methyl/N-ethyl adjacent to an activating group) is 1. The number of benzene rings is 1. The van der Waals surface area contributed by atoms with Crippen LogP contribution in [0.5, 0.6) is 0 Å². The van der Waals surface area contributed by atoms with Crippen molar-refractivity contribution in [3.63, 3.8) is 0 Å². The first-order valence-electron chi connectivity index (χ1n) is 8.54. The van der Waals surface area contributed by atoms with Crippen molar-refractivity contribution in [1.29, 1.82) is 0 Å². The van der Waals surface area contributed by atoms with Crippen LogP contribution in [0.1, 0.15) is 48.0 Å². The molecule has 0 aliphatic carbocycles. The second kappa shape index (κ2) is 7.18. The van der Waals surface area contributed by atoms with Crippen molar-refractivity contribution in [2.24, 2.45) is 0 Å². The third-order valence-electron chi connectivity index (χ3n) is 4.68. The summed E-state index contributed by atoms with van der Waals surface area (Å²) in [5.74, 6) is 0.929. The molecule has 128 valence electrons. The van der Waals surface area contributed by atoms with Gasteiger partial charge in [0, 0.05) is 44.7 Å². The molecule has 1 fully saturated rings. The SMILES string of the molecule is CC(C)c1cc(C(=O)N(C)[C@@H]2CCN(Cc3ccccc3)C2)no1. The Bertz CT molecular complexity index is 681. The molecule has 2 aromatic rings. The van der Waals surface area contributed by atoms with Gasteiger partial charge in [-0.2, -0.15) is 0 Å². The summed E-state index contributed by atoms with van der Waals surface area (Å²) in [5, 5.41) is 3.94. The van der Waals surface area contributed by atoms with E-state index in [2.05, 4.69) is 34.3 Å². The fourth-order valence-electron chi connectivity index (χ4n) is 3.12. The fourth-order valence-corrected chi connectivity index (χ4v) is 3.12. The van der Waals surface area contributed by atoms with Gasteiger partial charge in [-0.25, -0.2) is 0 Å². The molecule has 1 aromatic carbocycles. The molecule has 1 amide bonds. The molecule has 1 saturated heterocycles. The molecule has 0 radical (unpaired) electrons. The van der Waals surface area contributed by atoms with E-state index >= 15 is 0 Å². The molecule has 1 aliphatic rings. The Labute approximate surface area is 143 Å². The summed E-state index contributed by atoms with van der Waals surface area (Å²) in [6, 6.07) is 12.4. The van der Waals surface area contributed by atoms with Gasteiger partial charge in [0.2, 0.25) is 0 Å². The zero-order valence-electron chi connectivity index (χ0n) is 14.6. The van der Waals surface area contributed by atoms with Crippen molar-refractivity contribution in [2.45, 2.75) is 38.8 Å². The third-order valence-corrected chi connectivity index (χ3v) is 4.68. The van der Waals surface area contributed by atoms with E-state index in [1.54, 1.807) is 6.07 Å². The van der Waals surface area contributed by atoms with E-state index in [1.165, 1.54) is 5.56 Å². The maximum Gasteiger partial charge on any atom is 0.276 e. The molecule has 24 heavy (non-hydrogen) atoms. The average Bonchev–Trinajstić information content (AvgIpc) is 3.24. The number of carbonyl (C=O) groups excluding carboxylic acids is 1. The van der Waals surface area contributed by atoms with Crippen molar-refractivity contribution in [3.05, 3.63) is 53.4 Å². The van der Waals surface area contributed by atoms with E-state index in [9.17, 15) is 4.79 Å². The largest absolute Gasteiger partial charge is 0.360 e. The first-order valence-corrected chi connectivity index (χ1v) is 8.54. The number of likely N-dealkylation sites (tertiary alicyclic amines) is 1. The fraction of sp³-hybridized carbons (Fsp3) is 0.474. The van der Waals surface area contributed by atoms with Gasteiger partial charge in [0.1, 0.15) is 5.76 Å². The van der Waals surface area contributed by atoms with Crippen LogP contribution in [0, 0.1) is 0 Å². The highest BCUT2D eigenvalue weighted by molar-refractivity contribution is 5.92. The quantitative estimate of drug-likeness (QED) is 0.846. The molecule has 0 spiro atoms. The number of rotatable bonds is 5. The molecular weight excluding hydrogens is 302 g/mol. The predicted molar refractivity (Wildman–Crippen MR) is 92.8 cm³/mol. The highest BCUT2D eigenvalue weighted by Crippen LogP contribution is 2.20. The van der Waals surface area contributed by atoms with E-state index in [-0.39, 0.29) is 17.9 Å². The summed E-state index contributed by atoms with van der Waals surface area (Å²) in [6.07, 6.45) is 0.990. The molecule has 1 aliphatic heterocycles. The summed E-state index contributed by atoms with van der Waals surface area (Å²) >= 11 is 0. The zero-order valence-corrected chi connectivity index (χ0v) is 14.6. The Morgan fingerprint density at radius 1 is 1.38 bits per heavy atom. The van der Waals surface area contributed by atoms with Gasteiger partial charge in [0.25, 0.3) is 5.91 Å². The van der Waals surface area contributed by atoms with Gasteiger partial charge in [-0.3, -0.25) is 9.69 Å². The molecule has 1 atom stereocenters. The lowest BCUT2D eigenvalue weighted by Gasteiger charge is -2.24. The number of aromatic nitrogens is 1. The molecule has 5 nitrogen and oxygen atoms in total. The third kappa shape index (κ3) is 3.67. The van der Waals surface area contributed by atoms with Crippen LogP contribution in [0.15, 0.2) is 40.9 Å². The minimum absolute atomic E-state index is 0.0581. The average molecular weight is 327 g/mol. The molecule has 0 N–H and O–H groups in total. The number of hydrogen-bond donors (Lipinski definition) is 0. The van der Waals surface area contributed by atoms with Gasteiger partial charge < -0.3 is 9.42 Å². The Kier molecular flexibility index (Phi) is 5.00. The molecule has 0 unspecified atom stereocenters. The van der Waals surface area contributed by atoms with Gasteiger partial charge in [-0.15, -0.1) is 0 Å². The summed E-state index contributed by atoms with van der Waals surface area (Å²) in [4.78, 5) is 16.8. The van der Waals surface area contributed by atoms with Crippen LogP contribution >= 0.6 is 0 Å². The minimum Gasteiger partial charge on any atom is -0.360 e. The molecule has 1 aromatic heterocycles. The molecule has 5 heteroatoms. The first-order chi connectivity index (χ1) is 11.5. The molecular formula is C19H25N3O2. The van der Waals surface area contributed by atoms with Gasteiger partial charge in [-0.05, 0) is 12.0 Å². The number of nitrogens with zero attached hydrogens (tertiary/aromatic N) is 3. The maximum atomic E-state index is 12.6. The topological polar surface area (TPSA) is 49.6 Å². The van der Waals surface area contributed by atoms with E-state index in [0.29, 0.717) is 5.69 Å². The number of hydrogen-bond acceptors (Lipinski definition) is 4. The van der Waals surface area contributed by atoms with E-state index in [0.717, 1.165) is 31.8 Å². The molecule has 0 saturated carbocycles. The summed E-state index contributed by atoms with van der Waals surface area (Å²) in [5.41, 5.74) is 1.72. The molecule has 2 heterocycles. The van der Waals surface area contributed by atoms with Crippen molar-refractivity contribution >= 4 is 5.91 Å². The Balaban J connectivity index is 1.59. The van der Waals surface area contributed by atoms with Crippen LogP contribution in [-0.4, -0.2) is 47.0 Å². The van der Waals surface area contributed by atoms with Crippen LogP contribution in [0.4, 0.5) is 0 Å². The number of amides is 1. The lowest BCUT2D eigenvalue weighted by atomic mass is 10.1. The highest BCUT2D eigenvalue weighted by atomic mass is 16.5. The lowest BCUT2D eigenvalue weighted by molar-refractivity contribution is 0.0724. The smallest absolute Gasteiger partial charge is 0.276 e. The second-order valence-corrected chi connectivity index (χ2v) is 6.85. The molecule has 3 rings (SSSR count). The van der Waals surface area contributed by atoms with Gasteiger partial charge in [0.15, 0.2) is 5.69 Å². The summed E-state index contributed by atoms with van der Waals surface area (Å²) in [7, 11) is 1.86. The normalized spacial score (nSPS) is 18.2. The lowest BCUT2D eigenvalue weighted by Crippen LogP contribution is -2.39.